The molecule has 1 atom stereocenters. The first-order valence-electron chi connectivity index (χ1n) is 5.86. The number of phenolic OH excluding ortho intramolecular Hbond substituents is 2. The first-order chi connectivity index (χ1) is 7.61. The highest BCUT2D eigenvalue weighted by Gasteiger charge is 2.19. The van der Waals surface area contributed by atoms with Gasteiger partial charge in [-0.2, -0.15) is 0 Å². The van der Waals surface area contributed by atoms with Crippen LogP contribution in [0.15, 0.2) is 18.2 Å². The van der Waals surface area contributed by atoms with Crippen molar-refractivity contribution >= 4 is 0 Å². The maximum atomic E-state index is 9.79. The Kier molecular flexibility index (Phi) is 4.62. The molecule has 0 aliphatic carbocycles. The van der Waals surface area contributed by atoms with Crippen LogP contribution in [0.1, 0.15) is 38.8 Å². The highest BCUT2D eigenvalue weighted by atomic mass is 16.3. The lowest BCUT2D eigenvalue weighted by Crippen LogP contribution is -2.27. The van der Waals surface area contributed by atoms with E-state index >= 15 is 0 Å². The van der Waals surface area contributed by atoms with Crippen LogP contribution in [0.4, 0.5) is 0 Å². The molecule has 0 spiro atoms. The van der Waals surface area contributed by atoms with Gasteiger partial charge in [-0.05, 0) is 38.6 Å². The van der Waals surface area contributed by atoms with Crippen LogP contribution in [0.5, 0.6) is 11.5 Å². The van der Waals surface area contributed by atoms with Crippen molar-refractivity contribution in [2.75, 3.05) is 13.1 Å². The molecule has 0 aromatic heterocycles. The van der Waals surface area contributed by atoms with Gasteiger partial charge in [0.15, 0.2) is 0 Å². The van der Waals surface area contributed by atoms with Gasteiger partial charge in [-0.25, -0.2) is 0 Å². The quantitative estimate of drug-likeness (QED) is 0.806. The molecule has 0 bridgehead atoms. The zero-order valence-electron chi connectivity index (χ0n) is 10.3. The van der Waals surface area contributed by atoms with Gasteiger partial charge in [0.05, 0.1) is 5.56 Å². The van der Waals surface area contributed by atoms with E-state index in [1.807, 2.05) is 6.92 Å². The van der Waals surface area contributed by atoms with E-state index in [9.17, 15) is 10.2 Å². The van der Waals surface area contributed by atoms with E-state index in [0.29, 0.717) is 5.56 Å². The molecule has 0 saturated heterocycles. The van der Waals surface area contributed by atoms with Crippen molar-refractivity contribution in [3.63, 3.8) is 0 Å². The Balaban J connectivity index is 2.98. The van der Waals surface area contributed by atoms with Gasteiger partial charge in [0.1, 0.15) is 11.5 Å². The fourth-order valence-electron chi connectivity index (χ4n) is 2.06. The van der Waals surface area contributed by atoms with Crippen LogP contribution < -0.4 is 0 Å². The van der Waals surface area contributed by atoms with Crippen molar-refractivity contribution in [2.45, 2.75) is 33.2 Å². The highest BCUT2D eigenvalue weighted by Crippen LogP contribution is 2.35. The lowest BCUT2D eigenvalue weighted by Gasteiger charge is -2.28. The minimum atomic E-state index is 0.0335. The Hall–Kier alpha value is -1.22. The summed E-state index contributed by atoms with van der Waals surface area (Å²) in [5, 5.41) is 19.6. The van der Waals surface area contributed by atoms with Crippen LogP contribution in [0.2, 0.25) is 0 Å². The van der Waals surface area contributed by atoms with Crippen LogP contribution in [-0.4, -0.2) is 28.2 Å². The van der Waals surface area contributed by atoms with E-state index in [1.165, 1.54) is 0 Å². The second-order valence-electron chi connectivity index (χ2n) is 4.01. The predicted molar refractivity (Wildman–Crippen MR) is 65.7 cm³/mol. The zero-order valence-corrected chi connectivity index (χ0v) is 10.3. The van der Waals surface area contributed by atoms with E-state index in [4.69, 9.17) is 0 Å². The maximum absolute atomic E-state index is 9.79. The number of benzene rings is 1. The number of hydrogen-bond donors (Lipinski definition) is 2. The maximum Gasteiger partial charge on any atom is 0.124 e. The van der Waals surface area contributed by atoms with Crippen LogP contribution >= 0.6 is 0 Å². The monoisotopic (exact) mass is 223 g/mol. The first kappa shape index (κ1) is 12.8. The minimum absolute atomic E-state index is 0.0335. The molecule has 1 rings (SSSR count). The van der Waals surface area contributed by atoms with Gasteiger partial charge in [-0.1, -0.05) is 19.9 Å². The average Bonchev–Trinajstić information content (AvgIpc) is 2.25. The summed E-state index contributed by atoms with van der Waals surface area (Å²) in [5.41, 5.74) is 0.623. The first-order valence-corrected chi connectivity index (χ1v) is 5.86. The molecule has 3 heteroatoms. The molecule has 0 saturated carbocycles. The van der Waals surface area contributed by atoms with Crippen molar-refractivity contribution in [1.29, 1.82) is 0 Å². The molecular formula is C13H21NO2. The smallest absolute Gasteiger partial charge is 0.124 e. The van der Waals surface area contributed by atoms with Gasteiger partial charge in [-0.15, -0.1) is 0 Å². The molecule has 0 aliphatic heterocycles. The number of phenols is 2. The Labute approximate surface area is 97.3 Å². The third-order valence-corrected chi connectivity index (χ3v) is 2.94. The van der Waals surface area contributed by atoms with Gasteiger partial charge >= 0.3 is 0 Å². The summed E-state index contributed by atoms with van der Waals surface area (Å²) in [6, 6.07) is 4.92. The molecule has 16 heavy (non-hydrogen) atoms. The standard InChI is InChI=1S/C13H21NO2/c1-4-9-14(5-2)10(3)13-11(15)7-6-8-12(13)16/h6-8,10,15-16H,4-5,9H2,1-3H3. The van der Waals surface area contributed by atoms with Crippen LogP contribution in [0, 0.1) is 0 Å². The molecule has 3 nitrogen and oxygen atoms in total. The molecule has 0 amide bonds. The summed E-state index contributed by atoms with van der Waals surface area (Å²) >= 11 is 0. The third-order valence-electron chi connectivity index (χ3n) is 2.94. The van der Waals surface area contributed by atoms with Crippen LogP contribution in [-0.2, 0) is 0 Å². The van der Waals surface area contributed by atoms with Gasteiger partial charge in [0, 0.05) is 6.04 Å². The van der Waals surface area contributed by atoms with Crippen molar-refractivity contribution in [3.05, 3.63) is 23.8 Å². The molecule has 90 valence electrons. The van der Waals surface area contributed by atoms with E-state index in [0.717, 1.165) is 19.5 Å². The van der Waals surface area contributed by atoms with Crippen molar-refractivity contribution in [3.8, 4) is 11.5 Å². The van der Waals surface area contributed by atoms with E-state index in [-0.39, 0.29) is 17.5 Å². The largest absolute Gasteiger partial charge is 0.507 e. The molecule has 0 heterocycles. The predicted octanol–water partition coefficient (Wildman–Crippen LogP) is 2.89. The molecule has 1 unspecified atom stereocenters. The van der Waals surface area contributed by atoms with Crippen LogP contribution in [0.25, 0.3) is 0 Å². The van der Waals surface area contributed by atoms with Gasteiger partial charge in [-0.3, -0.25) is 4.90 Å². The van der Waals surface area contributed by atoms with Gasteiger partial charge in [0.2, 0.25) is 0 Å². The van der Waals surface area contributed by atoms with Gasteiger partial charge in [0.25, 0.3) is 0 Å². The van der Waals surface area contributed by atoms with Crippen molar-refractivity contribution < 1.29 is 10.2 Å². The lowest BCUT2D eigenvalue weighted by atomic mass is 10.0. The van der Waals surface area contributed by atoms with Crippen molar-refractivity contribution in [2.24, 2.45) is 0 Å². The summed E-state index contributed by atoms with van der Waals surface area (Å²) in [7, 11) is 0. The number of hydrogen-bond acceptors (Lipinski definition) is 3. The molecule has 1 aromatic carbocycles. The summed E-state index contributed by atoms with van der Waals surface area (Å²) in [5.74, 6) is 0.337. The highest BCUT2D eigenvalue weighted by molar-refractivity contribution is 5.44. The summed E-state index contributed by atoms with van der Waals surface area (Å²) < 4.78 is 0. The fraction of sp³-hybridized carbons (Fsp3) is 0.538. The SMILES string of the molecule is CCCN(CC)C(C)c1c(O)cccc1O. The minimum Gasteiger partial charge on any atom is -0.507 e. The molecule has 0 radical (unpaired) electrons. The number of aromatic hydroxyl groups is 2. The van der Waals surface area contributed by atoms with E-state index in [2.05, 4.69) is 18.7 Å². The second-order valence-corrected chi connectivity index (χ2v) is 4.01. The number of rotatable bonds is 5. The van der Waals surface area contributed by atoms with E-state index in [1.54, 1.807) is 18.2 Å². The molecule has 0 aliphatic rings. The normalized spacial score (nSPS) is 13.0. The summed E-state index contributed by atoms with van der Waals surface area (Å²) in [6.07, 6.45) is 1.06. The Bertz CT molecular complexity index is 318. The Morgan fingerprint density at radius 3 is 2.19 bits per heavy atom. The van der Waals surface area contributed by atoms with E-state index < -0.39 is 0 Å². The average molecular weight is 223 g/mol. The Morgan fingerprint density at radius 1 is 1.19 bits per heavy atom. The molecular weight excluding hydrogens is 202 g/mol. The van der Waals surface area contributed by atoms with Crippen LogP contribution in [0.3, 0.4) is 0 Å². The third kappa shape index (κ3) is 2.67. The molecule has 2 N–H and O–H groups in total. The number of nitrogens with zero attached hydrogens (tertiary/aromatic N) is 1. The van der Waals surface area contributed by atoms with Gasteiger partial charge < -0.3 is 10.2 Å². The molecule has 1 aromatic rings. The zero-order chi connectivity index (χ0) is 12.1. The summed E-state index contributed by atoms with van der Waals surface area (Å²) in [6.45, 7) is 8.09. The fourth-order valence-corrected chi connectivity index (χ4v) is 2.06. The molecule has 0 fully saturated rings. The van der Waals surface area contributed by atoms with Crippen molar-refractivity contribution in [1.82, 2.24) is 4.90 Å². The second kappa shape index (κ2) is 5.75. The summed E-state index contributed by atoms with van der Waals surface area (Å²) in [4.78, 5) is 2.23. The Morgan fingerprint density at radius 2 is 1.75 bits per heavy atom. The topological polar surface area (TPSA) is 43.7 Å². The lowest BCUT2D eigenvalue weighted by molar-refractivity contribution is 0.214.